The van der Waals surface area contributed by atoms with Crippen LogP contribution >= 0.6 is 7.82 Å². The molecule has 0 fully saturated rings. The van der Waals surface area contributed by atoms with E-state index in [4.69, 9.17) is 29.4 Å². The van der Waals surface area contributed by atoms with Gasteiger partial charge < -0.3 is 25.2 Å². The van der Waals surface area contributed by atoms with E-state index in [1.54, 1.807) is 0 Å². The molecule has 0 radical (unpaired) electrons. The average Bonchev–Trinajstić information content (AvgIpc) is 3.19. The Morgan fingerprint density at radius 2 is 1.02 bits per heavy atom. The molecule has 0 aromatic rings. The van der Waals surface area contributed by atoms with Crippen molar-refractivity contribution in [2.75, 3.05) is 26.4 Å². The van der Waals surface area contributed by atoms with E-state index >= 15 is 0 Å². The third-order valence-corrected chi connectivity index (χ3v) is 10.2. The van der Waals surface area contributed by atoms with E-state index in [-0.39, 0.29) is 13.0 Å². The van der Waals surface area contributed by atoms with Crippen molar-refractivity contribution < 1.29 is 42.7 Å². The Labute approximate surface area is 347 Å². The summed E-state index contributed by atoms with van der Waals surface area (Å²) in [5, 5.41) is 8.90. The van der Waals surface area contributed by atoms with E-state index in [2.05, 4.69) is 74.6 Å². The lowest BCUT2D eigenvalue weighted by atomic mass is 10.1. The normalized spacial score (nSPS) is 14.5. The molecule has 0 aromatic carbocycles. The van der Waals surface area contributed by atoms with Gasteiger partial charge in [0.2, 0.25) is 0 Å². The van der Waals surface area contributed by atoms with E-state index in [1.807, 2.05) is 0 Å². The number of aliphatic carboxylic acids is 1. The van der Waals surface area contributed by atoms with Gasteiger partial charge in [0, 0.05) is 13.0 Å². The zero-order chi connectivity index (χ0) is 41.9. The topological polar surface area (TPSA) is 155 Å². The maximum Gasteiger partial charge on any atom is 0.472 e. The first kappa shape index (κ1) is 54.7. The number of nitrogens with two attached hydrogens (primary N) is 1. The fraction of sp³-hybridized carbons (Fsp3) is 0.739. The number of carboxylic acid groups (broad SMARTS) is 1. The summed E-state index contributed by atoms with van der Waals surface area (Å²) in [6.07, 6.45) is 49.8. The fourth-order valence-electron chi connectivity index (χ4n) is 5.82. The van der Waals surface area contributed by atoms with Crippen LogP contribution in [0.25, 0.3) is 0 Å². The van der Waals surface area contributed by atoms with Crippen molar-refractivity contribution >= 4 is 19.8 Å². The lowest BCUT2D eigenvalue weighted by molar-refractivity contribution is -0.154. The zero-order valence-electron chi connectivity index (χ0n) is 35.9. The van der Waals surface area contributed by atoms with Crippen molar-refractivity contribution in [1.82, 2.24) is 0 Å². The first-order valence-electron chi connectivity index (χ1n) is 22.3. The molecule has 330 valence electrons. The van der Waals surface area contributed by atoms with Crippen LogP contribution < -0.4 is 5.73 Å². The lowest BCUT2D eigenvalue weighted by Gasteiger charge is -2.20. The maximum atomic E-state index is 12.6. The molecule has 0 spiro atoms. The predicted octanol–water partition coefficient (Wildman–Crippen LogP) is 12.4. The van der Waals surface area contributed by atoms with Crippen LogP contribution in [0.3, 0.4) is 0 Å². The summed E-state index contributed by atoms with van der Waals surface area (Å²) in [4.78, 5) is 33.6. The van der Waals surface area contributed by atoms with Gasteiger partial charge in [-0.15, -0.1) is 0 Å². The summed E-state index contributed by atoms with van der Waals surface area (Å²) >= 11 is 0. The number of carbonyl (C=O) groups is 2. The molecule has 11 heteroatoms. The van der Waals surface area contributed by atoms with Crippen molar-refractivity contribution in [2.24, 2.45) is 5.73 Å². The highest BCUT2D eigenvalue weighted by molar-refractivity contribution is 7.47. The van der Waals surface area contributed by atoms with Crippen LogP contribution in [0.2, 0.25) is 0 Å². The molecule has 3 atom stereocenters. The maximum absolute atomic E-state index is 12.6. The van der Waals surface area contributed by atoms with Gasteiger partial charge in [0.1, 0.15) is 12.1 Å². The predicted molar refractivity (Wildman–Crippen MR) is 235 cm³/mol. The molecular weight excluding hydrogens is 741 g/mol. The van der Waals surface area contributed by atoms with Crippen LogP contribution in [0.15, 0.2) is 60.8 Å². The Morgan fingerprint density at radius 1 is 0.579 bits per heavy atom. The van der Waals surface area contributed by atoms with Crippen molar-refractivity contribution in [1.29, 1.82) is 0 Å². The zero-order valence-corrected chi connectivity index (χ0v) is 36.8. The molecule has 0 bridgehead atoms. The second-order valence-electron chi connectivity index (χ2n) is 14.8. The molecule has 57 heavy (non-hydrogen) atoms. The molecule has 0 aromatic heterocycles. The molecule has 4 N–H and O–H groups in total. The Hall–Kier alpha value is -2.33. The van der Waals surface area contributed by atoms with Crippen molar-refractivity contribution in [3.8, 4) is 0 Å². The summed E-state index contributed by atoms with van der Waals surface area (Å²) in [6, 6.07) is -1.48. The van der Waals surface area contributed by atoms with Crippen molar-refractivity contribution in [2.45, 2.75) is 193 Å². The van der Waals surface area contributed by atoms with Crippen LogP contribution in [-0.2, 0) is 32.7 Å². The number of carboxylic acids is 1. The number of rotatable bonds is 42. The van der Waals surface area contributed by atoms with Gasteiger partial charge in [0.25, 0.3) is 0 Å². The van der Waals surface area contributed by atoms with E-state index in [0.29, 0.717) is 13.0 Å². The van der Waals surface area contributed by atoms with E-state index in [1.165, 1.54) is 77.0 Å². The Kier molecular flexibility index (Phi) is 40.1. The molecule has 3 unspecified atom stereocenters. The highest BCUT2D eigenvalue weighted by Gasteiger charge is 2.27. The summed E-state index contributed by atoms with van der Waals surface area (Å²) in [7, 11) is -4.62. The monoisotopic (exact) mass is 824 g/mol. The van der Waals surface area contributed by atoms with E-state index in [9.17, 15) is 19.0 Å². The van der Waals surface area contributed by atoms with E-state index < -0.39 is 45.1 Å². The lowest BCUT2D eigenvalue weighted by Crippen LogP contribution is -2.34. The molecule has 10 nitrogen and oxygen atoms in total. The van der Waals surface area contributed by atoms with Gasteiger partial charge >= 0.3 is 19.8 Å². The molecule has 0 amide bonds. The number of unbranched alkanes of at least 4 members (excludes halogenated alkanes) is 18. The van der Waals surface area contributed by atoms with Crippen LogP contribution in [-0.4, -0.2) is 60.5 Å². The summed E-state index contributed by atoms with van der Waals surface area (Å²) in [5.74, 6) is -1.79. The Morgan fingerprint density at radius 3 is 1.53 bits per heavy atom. The van der Waals surface area contributed by atoms with Gasteiger partial charge in [-0.05, 0) is 77.0 Å². The van der Waals surface area contributed by atoms with Gasteiger partial charge in [0.15, 0.2) is 0 Å². The second kappa shape index (κ2) is 41.8. The van der Waals surface area contributed by atoms with Crippen LogP contribution in [0, 0.1) is 0 Å². The minimum atomic E-state index is -4.62. The molecular formula is C46H82NO9P. The minimum Gasteiger partial charge on any atom is -0.480 e. The second-order valence-corrected chi connectivity index (χ2v) is 16.2. The van der Waals surface area contributed by atoms with Crippen molar-refractivity contribution in [3.05, 3.63) is 60.8 Å². The largest absolute Gasteiger partial charge is 0.480 e. The first-order valence-corrected chi connectivity index (χ1v) is 23.8. The fourth-order valence-corrected chi connectivity index (χ4v) is 6.60. The quantitative estimate of drug-likeness (QED) is 0.0234. The number of ether oxygens (including phenoxy) is 2. The minimum absolute atomic E-state index is 0.00655. The summed E-state index contributed by atoms with van der Waals surface area (Å²) in [5.41, 5.74) is 5.36. The van der Waals surface area contributed by atoms with Crippen LogP contribution in [0.4, 0.5) is 0 Å². The van der Waals surface area contributed by atoms with Gasteiger partial charge in [-0.1, -0.05) is 158 Å². The number of phosphoric ester groups is 1. The summed E-state index contributed by atoms with van der Waals surface area (Å²) in [6.45, 7) is 3.72. The molecule has 0 saturated carbocycles. The molecule has 0 rings (SSSR count). The number of hydrogen-bond donors (Lipinski definition) is 3. The number of hydrogen-bond acceptors (Lipinski definition) is 8. The standard InChI is InChI=1S/C46H82NO9P/c1-3-5-7-9-11-13-15-17-19-21-23-25-27-29-31-33-35-37-39-53-40-43(41-54-57(51,52)55-42-44(47)46(49)50)56-45(48)38-36-34-32-30-28-26-24-22-20-18-16-14-12-10-8-6-4-2/h6,8,11-14,17-20,43-44H,3-5,7,9-10,15-16,21-42,47H2,1-2H3,(H,49,50)(H,51,52)/b8-6-,13-11-,14-12-,19-17-,20-18-. The third kappa shape index (κ3) is 41.6. The number of esters is 1. The highest BCUT2D eigenvalue weighted by atomic mass is 31.2. The molecule has 0 heterocycles. The van der Waals surface area contributed by atoms with Crippen LogP contribution in [0.5, 0.6) is 0 Å². The molecule has 0 aliphatic carbocycles. The number of carbonyl (C=O) groups excluding carboxylic acids is 1. The van der Waals surface area contributed by atoms with Gasteiger partial charge in [0.05, 0.1) is 19.8 Å². The number of phosphoric acid groups is 1. The van der Waals surface area contributed by atoms with Gasteiger partial charge in [-0.2, -0.15) is 0 Å². The highest BCUT2D eigenvalue weighted by Crippen LogP contribution is 2.43. The smallest absolute Gasteiger partial charge is 0.472 e. The van der Waals surface area contributed by atoms with Crippen molar-refractivity contribution in [3.63, 3.8) is 0 Å². The number of allylic oxidation sites excluding steroid dienone is 10. The van der Waals surface area contributed by atoms with Gasteiger partial charge in [-0.3, -0.25) is 18.6 Å². The molecule has 0 aliphatic heterocycles. The molecule has 0 aliphatic rings. The first-order chi connectivity index (χ1) is 27.7. The Bertz CT molecular complexity index is 1140. The SMILES string of the molecule is CC/C=C\C/C=C\C/C=C\CCCCCCCCCC(=O)OC(COCCCCCCCCCC/C=C\C/C=C\CCCCC)COP(=O)(O)OCC(N)C(=O)O. The van der Waals surface area contributed by atoms with Gasteiger partial charge in [-0.25, -0.2) is 4.57 Å². The third-order valence-electron chi connectivity index (χ3n) is 9.28. The Balaban J connectivity index is 4.25. The molecule has 0 saturated heterocycles. The summed E-state index contributed by atoms with van der Waals surface area (Å²) < 4.78 is 33.4. The van der Waals surface area contributed by atoms with E-state index in [0.717, 1.165) is 77.0 Å². The van der Waals surface area contributed by atoms with Crippen LogP contribution in [0.1, 0.15) is 181 Å². The average molecular weight is 824 g/mol.